The third-order valence-corrected chi connectivity index (χ3v) is 7.45. The van der Waals surface area contributed by atoms with Crippen LogP contribution >= 0.6 is 11.3 Å². The Kier molecular flexibility index (Phi) is 5.46. The molecule has 7 nitrogen and oxygen atoms in total. The Hall–Kier alpha value is -2.22. The second kappa shape index (κ2) is 7.89. The van der Waals surface area contributed by atoms with Crippen LogP contribution in [0, 0.1) is 6.92 Å². The van der Waals surface area contributed by atoms with E-state index in [0.29, 0.717) is 26.1 Å². The summed E-state index contributed by atoms with van der Waals surface area (Å²) in [4.78, 5) is 48.0. The monoisotopic (exact) mass is 416 g/mol. The molecule has 1 atom stereocenters. The Morgan fingerprint density at radius 1 is 1.28 bits per heavy atom. The minimum absolute atomic E-state index is 0.0151. The number of amides is 2. The van der Waals surface area contributed by atoms with Crippen LogP contribution in [0.1, 0.15) is 56.0 Å². The van der Waals surface area contributed by atoms with E-state index in [1.165, 1.54) is 0 Å². The highest BCUT2D eigenvalue weighted by Gasteiger charge is 2.34. The summed E-state index contributed by atoms with van der Waals surface area (Å²) in [6.45, 7) is 7.81. The average Bonchev–Trinajstić information content (AvgIpc) is 3.29. The lowest BCUT2D eigenvalue weighted by Crippen LogP contribution is -2.50. The number of nitrogens with zero attached hydrogens (tertiary/aromatic N) is 4. The number of aromatic nitrogens is 2. The molecule has 2 aliphatic rings. The molecule has 2 fully saturated rings. The number of hydrogen-bond donors (Lipinski definition) is 0. The van der Waals surface area contributed by atoms with Gasteiger partial charge in [-0.25, -0.2) is 4.98 Å². The van der Waals surface area contributed by atoms with E-state index >= 15 is 0 Å². The van der Waals surface area contributed by atoms with Crippen LogP contribution in [0.2, 0.25) is 0 Å². The van der Waals surface area contributed by atoms with Gasteiger partial charge in [-0.1, -0.05) is 6.92 Å². The van der Waals surface area contributed by atoms with Crippen molar-refractivity contribution >= 4 is 33.4 Å². The Labute approximate surface area is 174 Å². The standard InChI is InChI=1S/C21H28N4O3S/c1-4-16-14(3)29-19-18(16)21(28)25(12-22-19)15-7-10-23(11-8-15)20(27)13(2)24-9-5-6-17(24)26/h12-13,15H,4-11H2,1-3H3/t13-/m1/s1. The van der Waals surface area contributed by atoms with Crippen molar-refractivity contribution in [3.05, 3.63) is 27.1 Å². The topological polar surface area (TPSA) is 75.5 Å². The van der Waals surface area contributed by atoms with Crippen LogP contribution in [0.25, 0.3) is 10.2 Å². The first kappa shape index (κ1) is 20.1. The maximum Gasteiger partial charge on any atom is 0.262 e. The van der Waals surface area contributed by atoms with Gasteiger partial charge in [-0.2, -0.15) is 0 Å². The summed E-state index contributed by atoms with van der Waals surface area (Å²) in [5.74, 6) is 0.0887. The van der Waals surface area contributed by atoms with E-state index in [-0.39, 0.29) is 23.4 Å². The lowest BCUT2D eigenvalue weighted by molar-refractivity contribution is -0.143. The normalized spacial score (nSPS) is 19.3. The van der Waals surface area contributed by atoms with E-state index in [0.717, 1.165) is 46.3 Å². The van der Waals surface area contributed by atoms with Crippen molar-refractivity contribution in [3.63, 3.8) is 0 Å². The van der Waals surface area contributed by atoms with Gasteiger partial charge < -0.3 is 9.80 Å². The third-order valence-electron chi connectivity index (χ3n) is 6.40. The Bertz CT molecular complexity index is 1000. The van der Waals surface area contributed by atoms with Gasteiger partial charge in [0.25, 0.3) is 5.56 Å². The molecule has 2 aromatic rings. The molecule has 4 heterocycles. The van der Waals surface area contributed by atoms with Crippen molar-refractivity contribution in [2.24, 2.45) is 0 Å². The van der Waals surface area contributed by atoms with Crippen molar-refractivity contribution in [3.8, 4) is 0 Å². The van der Waals surface area contributed by atoms with Crippen molar-refractivity contribution in [1.29, 1.82) is 0 Å². The van der Waals surface area contributed by atoms with Crippen LogP contribution in [0.15, 0.2) is 11.1 Å². The molecular formula is C21H28N4O3S. The number of aryl methyl sites for hydroxylation is 2. The van der Waals surface area contributed by atoms with E-state index in [9.17, 15) is 14.4 Å². The highest BCUT2D eigenvalue weighted by atomic mass is 32.1. The molecule has 2 aliphatic heterocycles. The van der Waals surface area contributed by atoms with Gasteiger partial charge in [-0.05, 0) is 45.1 Å². The lowest BCUT2D eigenvalue weighted by Gasteiger charge is -2.36. The number of piperidine rings is 1. The summed E-state index contributed by atoms with van der Waals surface area (Å²) in [5.41, 5.74) is 1.14. The fourth-order valence-corrected chi connectivity index (χ4v) is 5.77. The molecule has 0 aliphatic carbocycles. The molecular weight excluding hydrogens is 388 g/mol. The molecule has 0 radical (unpaired) electrons. The molecule has 2 amide bonds. The molecule has 0 saturated carbocycles. The minimum atomic E-state index is -0.400. The van der Waals surface area contributed by atoms with E-state index in [1.54, 1.807) is 27.1 Å². The second-order valence-corrected chi connectivity index (χ2v) is 9.25. The summed E-state index contributed by atoms with van der Waals surface area (Å²) in [6.07, 6.45) is 5.33. The van der Waals surface area contributed by atoms with Crippen molar-refractivity contribution in [2.45, 2.75) is 65.0 Å². The van der Waals surface area contributed by atoms with E-state index in [2.05, 4.69) is 11.9 Å². The zero-order valence-electron chi connectivity index (χ0n) is 17.3. The number of likely N-dealkylation sites (tertiary alicyclic amines) is 2. The van der Waals surface area contributed by atoms with E-state index in [1.807, 2.05) is 18.7 Å². The highest BCUT2D eigenvalue weighted by Crippen LogP contribution is 2.29. The summed E-state index contributed by atoms with van der Waals surface area (Å²) in [6, 6.07) is -0.347. The Morgan fingerprint density at radius 3 is 2.62 bits per heavy atom. The predicted molar refractivity (Wildman–Crippen MR) is 113 cm³/mol. The molecule has 2 aromatic heterocycles. The number of carbonyl (C=O) groups is 2. The van der Waals surface area contributed by atoms with Gasteiger partial charge in [0.05, 0.1) is 11.7 Å². The Balaban J connectivity index is 1.48. The zero-order chi connectivity index (χ0) is 20.7. The first-order chi connectivity index (χ1) is 13.9. The predicted octanol–water partition coefficient (Wildman–Crippen LogP) is 2.50. The zero-order valence-corrected chi connectivity index (χ0v) is 18.1. The van der Waals surface area contributed by atoms with Crippen molar-refractivity contribution in [2.75, 3.05) is 19.6 Å². The molecule has 0 unspecified atom stereocenters. The van der Waals surface area contributed by atoms with Gasteiger partial charge in [0.15, 0.2) is 0 Å². The number of thiophene rings is 1. The molecule has 29 heavy (non-hydrogen) atoms. The molecule has 0 N–H and O–H groups in total. The lowest BCUT2D eigenvalue weighted by atomic mass is 10.0. The fraction of sp³-hybridized carbons (Fsp3) is 0.619. The second-order valence-electron chi connectivity index (χ2n) is 8.05. The van der Waals surface area contributed by atoms with Crippen molar-refractivity contribution < 1.29 is 9.59 Å². The van der Waals surface area contributed by atoms with E-state index < -0.39 is 6.04 Å². The number of rotatable bonds is 4. The SMILES string of the molecule is CCc1c(C)sc2ncn(C3CCN(C(=O)[C@@H](C)N4CCCC4=O)CC3)c(=O)c12. The quantitative estimate of drug-likeness (QED) is 0.767. The molecule has 0 aromatic carbocycles. The maximum absolute atomic E-state index is 13.2. The molecule has 4 rings (SSSR count). The van der Waals surface area contributed by atoms with Crippen LogP contribution in [0.4, 0.5) is 0 Å². The summed E-state index contributed by atoms with van der Waals surface area (Å²) in [7, 11) is 0. The van der Waals surface area contributed by atoms with E-state index in [4.69, 9.17) is 0 Å². The Morgan fingerprint density at radius 2 is 2.00 bits per heavy atom. The highest BCUT2D eigenvalue weighted by molar-refractivity contribution is 7.18. The van der Waals surface area contributed by atoms with Crippen LogP contribution in [-0.2, 0) is 16.0 Å². The van der Waals surface area contributed by atoms with Crippen LogP contribution in [0.3, 0.4) is 0 Å². The number of carbonyl (C=O) groups excluding carboxylic acids is 2. The van der Waals surface area contributed by atoms with Crippen LogP contribution in [0.5, 0.6) is 0 Å². The minimum Gasteiger partial charge on any atom is -0.341 e. The smallest absolute Gasteiger partial charge is 0.262 e. The van der Waals surface area contributed by atoms with Crippen molar-refractivity contribution in [1.82, 2.24) is 19.4 Å². The van der Waals surface area contributed by atoms with Gasteiger partial charge in [-0.3, -0.25) is 19.0 Å². The van der Waals surface area contributed by atoms with Gasteiger partial charge >= 0.3 is 0 Å². The number of hydrogen-bond acceptors (Lipinski definition) is 5. The average molecular weight is 417 g/mol. The summed E-state index contributed by atoms with van der Waals surface area (Å²) >= 11 is 1.58. The van der Waals surface area contributed by atoms with Crippen LogP contribution < -0.4 is 5.56 Å². The molecule has 8 heteroatoms. The molecule has 2 saturated heterocycles. The largest absolute Gasteiger partial charge is 0.341 e. The maximum atomic E-state index is 13.2. The van der Waals surface area contributed by atoms with Gasteiger partial charge in [-0.15, -0.1) is 11.3 Å². The first-order valence-electron chi connectivity index (χ1n) is 10.5. The van der Waals surface area contributed by atoms with Gasteiger partial charge in [0.2, 0.25) is 11.8 Å². The van der Waals surface area contributed by atoms with Gasteiger partial charge in [0, 0.05) is 37.0 Å². The van der Waals surface area contributed by atoms with Crippen LogP contribution in [-0.4, -0.2) is 56.8 Å². The molecule has 156 valence electrons. The fourth-order valence-electron chi connectivity index (χ4n) is 4.70. The molecule has 0 bridgehead atoms. The first-order valence-corrected chi connectivity index (χ1v) is 11.3. The summed E-state index contributed by atoms with van der Waals surface area (Å²) < 4.78 is 1.77. The third kappa shape index (κ3) is 3.47. The number of fused-ring (bicyclic) bond motifs is 1. The van der Waals surface area contributed by atoms with Gasteiger partial charge in [0.1, 0.15) is 10.9 Å². The summed E-state index contributed by atoms with van der Waals surface area (Å²) in [5, 5.41) is 0.761. The molecule has 0 spiro atoms.